The van der Waals surface area contributed by atoms with Gasteiger partial charge in [-0.1, -0.05) is 123 Å². The predicted octanol–water partition coefficient (Wildman–Crippen LogP) is 10.1. The van der Waals surface area contributed by atoms with E-state index >= 15 is 0 Å². The normalized spacial score (nSPS) is 15.1. The summed E-state index contributed by atoms with van der Waals surface area (Å²) in [5, 5.41) is 28.4. The molecule has 0 heterocycles. The number of aliphatic carboxylic acids is 3. The van der Waals surface area contributed by atoms with E-state index in [-0.39, 0.29) is 0 Å². The Kier molecular flexibility index (Phi) is 27.2. The van der Waals surface area contributed by atoms with Crippen LogP contribution in [-0.2, 0) is 14.4 Å². The predicted molar refractivity (Wildman–Crippen MR) is 187 cm³/mol. The zero-order valence-electron chi connectivity index (χ0n) is 29.8. The first kappa shape index (κ1) is 43.1. The minimum atomic E-state index is -0.822. The van der Waals surface area contributed by atoms with E-state index in [4.69, 9.17) is 0 Å². The molecule has 3 N–H and O–H groups in total. The number of allylic oxidation sites excluding steroid dienone is 2. The largest absolute Gasteiger partial charge is 0.481 e. The van der Waals surface area contributed by atoms with E-state index in [1.165, 1.54) is 109 Å². The molecule has 0 bridgehead atoms. The van der Waals surface area contributed by atoms with Crippen LogP contribution in [0.5, 0.6) is 0 Å². The molecule has 0 fully saturated rings. The maximum absolute atomic E-state index is 11.5. The molecule has 3 atom stereocenters. The van der Waals surface area contributed by atoms with Gasteiger partial charge in [0.2, 0.25) is 0 Å². The summed E-state index contributed by atoms with van der Waals surface area (Å²) in [7, 11) is 0. The average Bonchev–Trinajstić information content (AvgIpc) is 3.01. The number of carbonyl (C=O) groups is 3. The fraction of sp³-hybridized carbons (Fsp3) is 0.868. The highest BCUT2D eigenvalue weighted by molar-refractivity contribution is 5.70. The molecule has 0 spiro atoms. The monoisotopic (exact) mass is 639 g/mol. The molecule has 0 aliphatic heterocycles. The Morgan fingerprint density at radius 2 is 0.756 bits per heavy atom. The standard InChI is InChI=1S/C38H71NO6/c1-5-6-7-8-9-10-11-12-13-14-15-16-17-18-19-20-21-22-23-24-25-29-39(30-26-33(2)36(40)41,31-27-34(3)37(42)43)32-28-35(4)38(44)45/h13-14,33-35H,5-12,15-32H2,1-4H3,(H2-,40,41,42,43,44,45)/p+1/b14-13+. The summed E-state index contributed by atoms with van der Waals surface area (Å²) in [5.41, 5.74) is 0. The van der Waals surface area contributed by atoms with Crippen molar-refractivity contribution in [2.24, 2.45) is 17.8 Å². The molecule has 0 saturated carbocycles. The fourth-order valence-corrected chi connectivity index (χ4v) is 6.02. The molecular formula is C38H72NO6+. The van der Waals surface area contributed by atoms with Crippen LogP contribution in [0.1, 0.15) is 169 Å². The van der Waals surface area contributed by atoms with Gasteiger partial charge in [0, 0.05) is 19.3 Å². The summed E-state index contributed by atoms with van der Waals surface area (Å²) in [6.07, 6.45) is 30.7. The van der Waals surface area contributed by atoms with Crippen LogP contribution in [0.3, 0.4) is 0 Å². The van der Waals surface area contributed by atoms with E-state index in [0.29, 0.717) is 43.4 Å². The number of hydrogen-bond donors (Lipinski definition) is 3. The second-order valence-electron chi connectivity index (χ2n) is 14.0. The lowest BCUT2D eigenvalue weighted by molar-refractivity contribution is -0.929. The summed E-state index contributed by atoms with van der Waals surface area (Å²) in [4.78, 5) is 34.6. The van der Waals surface area contributed by atoms with Crippen LogP contribution < -0.4 is 0 Å². The second-order valence-corrected chi connectivity index (χ2v) is 14.0. The number of rotatable bonds is 33. The van der Waals surface area contributed by atoms with E-state index < -0.39 is 35.7 Å². The van der Waals surface area contributed by atoms with Crippen molar-refractivity contribution in [2.45, 2.75) is 169 Å². The first-order valence-electron chi connectivity index (χ1n) is 18.7. The van der Waals surface area contributed by atoms with Crippen LogP contribution in [0.15, 0.2) is 12.2 Å². The number of carboxylic acids is 3. The third-order valence-electron chi connectivity index (χ3n) is 9.77. The molecule has 0 amide bonds. The Hall–Kier alpha value is -1.89. The number of quaternary nitrogens is 1. The van der Waals surface area contributed by atoms with Gasteiger partial charge in [-0.2, -0.15) is 0 Å². The lowest BCUT2D eigenvalue weighted by atomic mass is 10.0. The number of nitrogens with zero attached hydrogens (tertiary/aromatic N) is 1. The van der Waals surface area contributed by atoms with Crippen molar-refractivity contribution in [3.8, 4) is 0 Å². The number of carboxylic acid groups (broad SMARTS) is 3. The van der Waals surface area contributed by atoms with Crippen LogP contribution in [-0.4, -0.2) is 63.9 Å². The Balaban J connectivity index is 4.35. The molecule has 45 heavy (non-hydrogen) atoms. The maximum Gasteiger partial charge on any atom is 0.306 e. The molecule has 7 nitrogen and oxygen atoms in total. The highest BCUT2D eigenvalue weighted by Crippen LogP contribution is 2.22. The third-order valence-corrected chi connectivity index (χ3v) is 9.77. The van der Waals surface area contributed by atoms with Gasteiger partial charge in [0.15, 0.2) is 0 Å². The van der Waals surface area contributed by atoms with E-state index in [9.17, 15) is 29.7 Å². The third kappa shape index (κ3) is 24.9. The molecule has 0 aromatic carbocycles. The van der Waals surface area contributed by atoms with Crippen molar-refractivity contribution in [3.63, 3.8) is 0 Å². The van der Waals surface area contributed by atoms with Gasteiger partial charge >= 0.3 is 17.9 Å². The average molecular weight is 639 g/mol. The van der Waals surface area contributed by atoms with Crippen molar-refractivity contribution < 1.29 is 34.2 Å². The topological polar surface area (TPSA) is 112 Å². The second kappa shape index (κ2) is 28.3. The summed E-state index contributed by atoms with van der Waals surface area (Å²) in [6.45, 7) is 10.2. The van der Waals surface area contributed by atoms with Crippen LogP contribution in [0.25, 0.3) is 0 Å². The smallest absolute Gasteiger partial charge is 0.306 e. The minimum absolute atomic E-state index is 0.479. The zero-order valence-corrected chi connectivity index (χ0v) is 29.8. The molecule has 0 aromatic heterocycles. The molecule has 3 unspecified atom stereocenters. The van der Waals surface area contributed by atoms with Crippen molar-refractivity contribution in [3.05, 3.63) is 12.2 Å². The van der Waals surface area contributed by atoms with Gasteiger partial charge in [0.25, 0.3) is 0 Å². The lowest BCUT2D eigenvalue weighted by Crippen LogP contribution is -2.52. The van der Waals surface area contributed by atoms with Gasteiger partial charge in [-0.05, 0) is 38.5 Å². The Bertz CT molecular complexity index is 722. The summed E-state index contributed by atoms with van der Waals surface area (Å²) in [6, 6.07) is 0. The van der Waals surface area contributed by atoms with Gasteiger partial charge in [0.05, 0.1) is 43.9 Å². The summed E-state index contributed by atoms with van der Waals surface area (Å²) in [5.74, 6) is -3.90. The first-order chi connectivity index (χ1) is 21.5. The van der Waals surface area contributed by atoms with Crippen LogP contribution in [0, 0.1) is 17.8 Å². The minimum Gasteiger partial charge on any atom is -0.481 e. The Morgan fingerprint density at radius 3 is 1.07 bits per heavy atom. The first-order valence-corrected chi connectivity index (χ1v) is 18.7. The van der Waals surface area contributed by atoms with Crippen LogP contribution in [0.4, 0.5) is 0 Å². The zero-order chi connectivity index (χ0) is 33.8. The molecule has 0 aliphatic carbocycles. The number of hydrogen-bond acceptors (Lipinski definition) is 3. The van der Waals surface area contributed by atoms with Crippen molar-refractivity contribution >= 4 is 17.9 Å². The Labute approximate surface area is 276 Å². The van der Waals surface area contributed by atoms with Crippen molar-refractivity contribution in [1.82, 2.24) is 0 Å². The van der Waals surface area contributed by atoms with Gasteiger partial charge in [-0.3, -0.25) is 14.4 Å². The summed E-state index contributed by atoms with van der Waals surface area (Å²) >= 11 is 0. The molecule has 0 saturated heterocycles. The van der Waals surface area contributed by atoms with Crippen LogP contribution >= 0.6 is 0 Å². The highest BCUT2D eigenvalue weighted by Gasteiger charge is 2.31. The molecule has 0 radical (unpaired) electrons. The van der Waals surface area contributed by atoms with Gasteiger partial charge in [0.1, 0.15) is 0 Å². The van der Waals surface area contributed by atoms with Gasteiger partial charge < -0.3 is 19.8 Å². The molecule has 264 valence electrons. The Morgan fingerprint density at radius 1 is 0.467 bits per heavy atom. The van der Waals surface area contributed by atoms with E-state index in [0.717, 1.165) is 19.4 Å². The van der Waals surface area contributed by atoms with Crippen LogP contribution in [0.2, 0.25) is 0 Å². The molecule has 0 aromatic rings. The quantitative estimate of drug-likeness (QED) is 0.0375. The SMILES string of the molecule is CCCCCCCCC/C=C/CCCCCCCCCCCC[N+](CCC(C)C(=O)O)(CCC(C)C(=O)O)CCC(C)C(=O)O. The molecule has 7 heteroatoms. The number of unbranched alkanes of at least 4 members (excludes halogenated alkanes) is 17. The molecular weight excluding hydrogens is 566 g/mol. The lowest BCUT2D eigenvalue weighted by Gasteiger charge is -2.40. The molecule has 0 rings (SSSR count). The fourth-order valence-electron chi connectivity index (χ4n) is 6.02. The van der Waals surface area contributed by atoms with Crippen molar-refractivity contribution in [2.75, 3.05) is 26.2 Å². The molecule has 0 aliphatic rings. The van der Waals surface area contributed by atoms with Gasteiger partial charge in [-0.15, -0.1) is 0 Å². The van der Waals surface area contributed by atoms with E-state index in [1.54, 1.807) is 20.8 Å². The van der Waals surface area contributed by atoms with Crippen molar-refractivity contribution in [1.29, 1.82) is 0 Å². The maximum atomic E-state index is 11.5. The van der Waals surface area contributed by atoms with E-state index in [2.05, 4.69) is 19.1 Å². The highest BCUT2D eigenvalue weighted by atomic mass is 16.4. The summed E-state index contributed by atoms with van der Waals surface area (Å²) < 4.78 is 0.612. The van der Waals surface area contributed by atoms with Gasteiger partial charge in [-0.25, -0.2) is 0 Å². The van der Waals surface area contributed by atoms with E-state index in [1.807, 2.05) is 0 Å².